The summed E-state index contributed by atoms with van der Waals surface area (Å²) >= 11 is 0. The van der Waals surface area contributed by atoms with E-state index in [9.17, 15) is 32.3 Å². The molecule has 0 aliphatic carbocycles. The molecular weight excluding hydrogens is 440 g/mol. The van der Waals surface area contributed by atoms with E-state index in [1.54, 1.807) is 0 Å². The Kier molecular flexibility index (Phi) is 7.01. The molecule has 3 rings (SSSR count). The highest BCUT2D eigenvalue weighted by molar-refractivity contribution is 5.64. The van der Waals surface area contributed by atoms with E-state index in [1.165, 1.54) is 0 Å². The lowest BCUT2D eigenvalue weighted by molar-refractivity contribution is 0.390. The van der Waals surface area contributed by atoms with Gasteiger partial charge in [0.05, 0.1) is 6.07 Å². The first kappa shape index (κ1) is 23.8. The van der Waals surface area contributed by atoms with Crippen LogP contribution in [0.5, 0.6) is 5.88 Å². The number of aromatic nitrogens is 2. The minimum absolute atomic E-state index is 0.0398. The molecule has 0 amide bonds. The summed E-state index contributed by atoms with van der Waals surface area (Å²) in [6, 6.07) is 6.65. The van der Waals surface area contributed by atoms with Gasteiger partial charge in [0.1, 0.15) is 23.3 Å². The Balaban J connectivity index is 1.78. The molecule has 0 saturated heterocycles. The topological polar surface area (TPSA) is 64.2 Å². The van der Waals surface area contributed by atoms with E-state index in [0.717, 1.165) is 45.5 Å². The molecule has 33 heavy (non-hydrogen) atoms. The quantitative estimate of drug-likeness (QED) is 0.505. The molecule has 3 aromatic rings. The molecule has 0 bridgehead atoms. The fourth-order valence-electron chi connectivity index (χ4n) is 3.32. The fourth-order valence-corrected chi connectivity index (χ4v) is 3.32. The second-order valence-corrected chi connectivity index (χ2v) is 7.45. The van der Waals surface area contributed by atoms with Crippen molar-refractivity contribution in [2.24, 2.45) is 0 Å². The van der Waals surface area contributed by atoms with E-state index in [4.69, 9.17) is 0 Å². The van der Waals surface area contributed by atoms with Crippen molar-refractivity contribution < 1.29 is 22.7 Å². The summed E-state index contributed by atoms with van der Waals surface area (Å²) in [4.78, 5) is 25.0. The maximum Gasteiger partial charge on any atom is 0.333 e. The number of halogens is 4. The van der Waals surface area contributed by atoms with Crippen molar-refractivity contribution in [3.63, 3.8) is 0 Å². The third-order valence-corrected chi connectivity index (χ3v) is 5.07. The maximum atomic E-state index is 13.4. The summed E-state index contributed by atoms with van der Waals surface area (Å²) in [6.07, 6.45) is 0.0991. The van der Waals surface area contributed by atoms with Gasteiger partial charge >= 0.3 is 5.69 Å². The van der Waals surface area contributed by atoms with Gasteiger partial charge in [0.2, 0.25) is 5.88 Å². The molecule has 0 atom stereocenters. The Hall–Kier alpha value is -3.88. The van der Waals surface area contributed by atoms with Gasteiger partial charge in [-0.1, -0.05) is 13.2 Å². The van der Waals surface area contributed by atoms with Gasteiger partial charge in [-0.05, 0) is 59.4 Å². The van der Waals surface area contributed by atoms with Crippen LogP contribution in [0.4, 0.5) is 17.6 Å². The number of nitrogens with zero attached hydrogens (tertiary/aromatic N) is 2. The lowest BCUT2D eigenvalue weighted by Gasteiger charge is -2.14. The Morgan fingerprint density at radius 1 is 0.697 bits per heavy atom. The summed E-state index contributed by atoms with van der Waals surface area (Å²) in [7, 11) is 0. The predicted molar refractivity (Wildman–Crippen MR) is 117 cm³/mol. The predicted octanol–water partition coefficient (Wildman–Crippen LogP) is 4.48. The van der Waals surface area contributed by atoms with Gasteiger partial charge in [-0.2, -0.15) is 0 Å². The van der Waals surface area contributed by atoms with Gasteiger partial charge in [0.25, 0.3) is 5.56 Å². The summed E-state index contributed by atoms with van der Waals surface area (Å²) in [5.41, 5.74) is -0.570. The summed E-state index contributed by atoms with van der Waals surface area (Å²) in [5.74, 6) is -3.70. The molecule has 2 aromatic carbocycles. The van der Waals surface area contributed by atoms with Crippen LogP contribution in [0.3, 0.4) is 0 Å². The Morgan fingerprint density at radius 2 is 1.09 bits per heavy atom. The second-order valence-electron chi connectivity index (χ2n) is 7.45. The van der Waals surface area contributed by atoms with Crippen molar-refractivity contribution >= 4 is 11.1 Å². The zero-order valence-electron chi connectivity index (χ0n) is 17.5. The Bertz CT molecular complexity index is 1320. The smallest absolute Gasteiger partial charge is 0.333 e. The lowest BCUT2D eigenvalue weighted by Crippen LogP contribution is -2.39. The molecule has 0 fully saturated rings. The highest BCUT2D eigenvalue weighted by Crippen LogP contribution is 2.21. The molecule has 5 nitrogen and oxygen atoms in total. The van der Waals surface area contributed by atoms with E-state index in [-0.39, 0.29) is 37.1 Å². The van der Waals surface area contributed by atoms with Crippen LogP contribution in [0.15, 0.2) is 65.2 Å². The number of hydrogen-bond donors (Lipinski definition) is 1. The Labute approximate surface area is 186 Å². The first-order valence-corrected chi connectivity index (χ1v) is 9.87. The molecule has 0 radical (unpaired) electrons. The van der Waals surface area contributed by atoms with E-state index in [2.05, 4.69) is 13.2 Å². The minimum Gasteiger partial charge on any atom is -0.494 e. The molecule has 0 spiro atoms. The van der Waals surface area contributed by atoms with Crippen LogP contribution < -0.4 is 11.2 Å². The molecular formula is C24H20F4N2O3. The van der Waals surface area contributed by atoms with Gasteiger partial charge in [-0.15, -0.1) is 0 Å². The summed E-state index contributed by atoms with van der Waals surface area (Å²) in [6.45, 7) is 7.25. The number of aromatic hydroxyl groups is 1. The zero-order chi connectivity index (χ0) is 24.3. The minimum atomic E-state index is -0.823. The molecule has 9 heteroatoms. The van der Waals surface area contributed by atoms with Crippen LogP contribution in [0.1, 0.15) is 24.0 Å². The van der Waals surface area contributed by atoms with Gasteiger partial charge < -0.3 is 5.11 Å². The fraction of sp³-hybridized carbons (Fsp3) is 0.167. The first-order valence-electron chi connectivity index (χ1n) is 9.87. The van der Waals surface area contributed by atoms with Gasteiger partial charge in [0.15, 0.2) is 0 Å². The average molecular weight is 460 g/mol. The number of rotatable bonds is 8. The molecule has 1 N–H and O–H groups in total. The molecule has 172 valence electrons. The van der Waals surface area contributed by atoms with Crippen molar-refractivity contribution in [3.05, 3.63) is 111 Å². The zero-order valence-corrected chi connectivity index (χ0v) is 17.5. The summed E-state index contributed by atoms with van der Waals surface area (Å²) in [5, 5.41) is 10.1. The van der Waals surface area contributed by atoms with Crippen LogP contribution in [0, 0.1) is 23.3 Å². The van der Waals surface area contributed by atoms with E-state index in [0.29, 0.717) is 17.2 Å². The van der Waals surface area contributed by atoms with Crippen LogP contribution in [0.25, 0.3) is 11.1 Å². The maximum absolute atomic E-state index is 13.4. The van der Waals surface area contributed by atoms with Crippen LogP contribution in [-0.2, 0) is 13.1 Å². The highest BCUT2D eigenvalue weighted by atomic mass is 19.1. The Morgan fingerprint density at radius 3 is 1.52 bits per heavy atom. The third-order valence-electron chi connectivity index (χ3n) is 5.07. The average Bonchev–Trinajstić information content (AvgIpc) is 2.71. The third kappa shape index (κ3) is 5.68. The first-order chi connectivity index (χ1) is 15.5. The lowest BCUT2D eigenvalue weighted by atomic mass is 10.0. The normalized spacial score (nSPS) is 10.9. The SMILES string of the molecule is C=C(CCn1c(O)cc(=O)n(CCC(=C)c2cc(F)cc(F)c2)c1=O)c1cc(F)cc(F)c1. The number of hydrogen-bond acceptors (Lipinski definition) is 3. The van der Waals surface area contributed by atoms with E-state index >= 15 is 0 Å². The van der Waals surface area contributed by atoms with Crippen LogP contribution >= 0.6 is 0 Å². The van der Waals surface area contributed by atoms with E-state index in [1.807, 2.05) is 0 Å². The van der Waals surface area contributed by atoms with Crippen molar-refractivity contribution in [3.8, 4) is 5.88 Å². The second kappa shape index (κ2) is 9.72. The largest absolute Gasteiger partial charge is 0.494 e. The van der Waals surface area contributed by atoms with Gasteiger partial charge in [0, 0.05) is 25.2 Å². The highest BCUT2D eigenvalue weighted by Gasteiger charge is 2.13. The van der Waals surface area contributed by atoms with Crippen LogP contribution in [-0.4, -0.2) is 14.2 Å². The molecule has 0 saturated carbocycles. The summed E-state index contributed by atoms with van der Waals surface area (Å²) < 4.78 is 55.5. The number of benzene rings is 2. The standard InChI is InChI=1S/C24H20F4N2O3/c1-14(16-7-18(25)11-19(26)8-16)3-5-29-22(31)13-23(32)30(24(29)33)6-4-15(2)17-9-20(27)12-21(28)10-17/h7-13,31H,1-6H2. The van der Waals surface area contributed by atoms with Gasteiger partial charge in [-0.3, -0.25) is 13.9 Å². The molecule has 0 unspecified atom stereocenters. The molecule has 0 aliphatic heterocycles. The number of allylic oxidation sites excluding steroid dienone is 2. The van der Waals surface area contributed by atoms with Gasteiger partial charge in [-0.25, -0.2) is 22.4 Å². The van der Waals surface area contributed by atoms with Crippen LogP contribution in [0.2, 0.25) is 0 Å². The van der Waals surface area contributed by atoms with Crippen molar-refractivity contribution in [2.75, 3.05) is 0 Å². The molecule has 1 heterocycles. The van der Waals surface area contributed by atoms with E-state index < -0.39 is 40.4 Å². The van der Waals surface area contributed by atoms with Crippen molar-refractivity contribution in [2.45, 2.75) is 25.9 Å². The molecule has 0 aliphatic rings. The monoisotopic (exact) mass is 460 g/mol. The van der Waals surface area contributed by atoms with Crippen molar-refractivity contribution in [1.29, 1.82) is 0 Å². The van der Waals surface area contributed by atoms with Crippen molar-refractivity contribution in [1.82, 2.24) is 9.13 Å². The molecule has 1 aromatic heterocycles.